The summed E-state index contributed by atoms with van der Waals surface area (Å²) in [5, 5.41) is 8.58. The van der Waals surface area contributed by atoms with Crippen molar-refractivity contribution in [3.05, 3.63) is 24.0 Å². The van der Waals surface area contributed by atoms with Gasteiger partial charge in [-0.3, -0.25) is 4.90 Å². The predicted molar refractivity (Wildman–Crippen MR) is 75.5 cm³/mol. The van der Waals surface area contributed by atoms with E-state index in [2.05, 4.69) is 19.8 Å². The highest BCUT2D eigenvalue weighted by atomic mass is 16.4. The number of aliphatic carboxylic acids is 1. The second-order valence-electron chi connectivity index (χ2n) is 5.27. The Morgan fingerprint density at radius 3 is 2.85 bits per heavy atom. The van der Waals surface area contributed by atoms with Crippen molar-refractivity contribution >= 4 is 18.0 Å². The lowest BCUT2D eigenvalue weighted by Crippen LogP contribution is -2.50. The zero-order valence-electron chi connectivity index (χ0n) is 11.3. The van der Waals surface area contributed by atoms with Gasteiger partial charge in [-0.25, -0.2) is 14.8 Å². The molecule has 2 aliphatic rings. The minimum Gasteiger partial charge on any atom is -0.478 e. The fourth-order valence-electron chi connectivity index (χ4n) is 2.92. The summed E-state index contributed by atoms with van der Waals surface area (Å²) in [6.45, 7) is 4.25. The van der Waals surface area contributed by atoms with Gasteiger partial charge < -0.3 is 10.0 Å². The van der Waals surface area contributed by atoms with Gasteiger partial charge in [-0.2, -0.15) is 0 Å². The highest BCUT2D eigenvalue weighted by molar-refractivity contribution is 5.85. The van der Waals surface area contributed by atoms with Crippen LogP contribution in [0.1, 0.15) is 18.4 Å². The van der Waals surface area contributed by atoms with Crippen LogP contribution in [0.3, 0.4) is 0 Å². The molecule has 2 aliphatic heterocycles. The summed E-state index contributed by atoms with van der Waals surface area (Å²) in [6.07, 6.45) is 8.48. The van der Waals surface area contributed by atoms with Gasteiger partial charge in [-0.15, -0.1) is 0 Å². The van der Waals surface area contributed by atoms with Crippen LogP contribution in [0.15, 0.2) is 18.5 Å². The first-order valence-corrected chi connectivity index (χ1v) is 6.94. The van der Waals surface area contributed by atoms with Crippen molar-refractivity contribution in [1.29, 1.82) is 0 Å². The number of carboxylic acid groups (broad SMARTS) is 1. The third kappa shape index (κ3) is 2.80. The van der Waals surface area contributed by atoms with Crippen LogP contribution in [0.2, 0.25) is 0 Å². The number of piperazine rings is 1. The molecule has 1 aromatic rings. The number of anilines is 1. The van der Waals surface area contributed by atoms with Gasteiger partial charge in [0.25, 0.3) is 0 Å². The van der Waals surface area contributed by atoms with Gasteiger partial charge in [-0.1, -0.05) is 0 Å². The second kappa shape index (κ2) is 5.58. The third-order valence-electron chi connectivity index (χ3n) is 3.95. The van der Waals surface area contributed by atoms with Gasteiger partial charge in [-0.05, 0) is 25.5 Å². The standard InChI is InChI=1S/C14H18N4O2/c19-13(20)4-3-11-8-15-14(16-9-11)18-7-6-17-5-1-2-12(17)10-18/h3-4,8-9,12H,1-2,5-7,10H2,(H,19,20)/b4-3+. The quantitative estimate of drug-likeness (QED) is 0.824. The molecule has 3 rings (SSSR count). The Morgan fingerprint density at radius 2 is 2.10 bits per heavy atom. The highest BCUT2D eigenvalue weighted by Gasteiger charge is 2.31. The van der Waals surface area contributed by atoms with E-state index >= 15 is 0 Å². The van der Waals surface area contributed by atoms with Gasteiger partial charge in [0.05, 0.1) is 0 Å². The van der Waals surface area contributed by atoms with Crippen molar-refractivity contribution in [3.63, 3.8) is 0 Å². The Labute approximate surface area is 117 Å². The molecule has 6 nitrogen and oxygen atoms in total. The number of rotatable bonds is 3. The predicted octanol–water partition coefficient (Wildman–Crippen LogP) is 0.859. The number of hydrogen-bond donors (Lipinski definition) is 1. The zero-order valence-corrected chi connectivity index (χ0v) is 11.3. The van der Waals surface area contributed by atoms with E-state index in [1.54, 1.807) is 12.4 Å². The lowest BCUT2D eigenvalue weighted by molar-refractivity contribution is -0.131. The molecule has 1 unspecified atom stereocenters. The maximum absolute atomic E-state index is 10.5. The normalized spacial score (nSPS) is 23.2. The number of carboxylic acids is 1. The summed E-state index contributed by atoms with van der Waals surface area (Å²) < 4.78 is 0. The highest BCUT2D eigenvalue weighted by Crippen LogP contribution is 2.23. The van der Waals surface area contributed by atoms with E-state index in [-0.39, 0.29) is 0 Å². The number of carbonyl (C=O) groups is 1. The molecule has 1 aromatic heterocycles. The molecule has 106 valence electrons. The van der Waals surface area contributed by atoms with Gasteiger partial charge >= 0.3 is 5.97 Å². The smallest absolute Gasteiger partial charge is 0.328 e. The van der Waals surface area contributed by atoms with Crippen molar-refractivity contribution in [1.82, 2.24) is 14.9 Å². The van der Waals surface area contributed by atoms with Crippen molar-refractivity contribution < 1.29 is 9.90 Å². The molecule has 2 fully saturated rings. The summed E-state index contributed by atoms with van der Waals surface area (Å²) in [7, 11) is 0. The fraction of sp³-hybridized carbons (Fsp3) is 0.500. The van der Waals surface area contributed by atoms with Crippen molar-refractivity contribution in [2.24, 2.45) is 0 Å². The summed E-state index contributed by atoms with van der Waals surface area (Å²) in [6, 6.07) is 0.638. The summed E-state index contributed by atoms with van der Waals surface area (Å²) in [4.78, 5) is 23.9. The first kappa shape index (κ1) is 13.1. The minimum absolute atomic E-state index is 0.638. The zero-order chi connectivity index (χ0) is 13.9. The van der Waals surface area contributed by atoms with Crippen LogP contribution in [0.25, 0.3) is 6.08 Å². The molecule has 0 saturated carbocycles. The molecular formula is C14H18N4O2. The summed E-state index contributed by atoms with van der Waals surface area (Å²) in [5.74, 6) is -0.226. The van der Waals surface area contributed by atoms with Crippen LogP contribution in [-0.2, 0) is 4.79 Å². The fourth-order valence-corrected chi connectivity index (χ4v) is 2.92. The van der Waals surface area contributed by atoms with E-state index in [1.165, 1.54) is 25.5 Å². The summed E-state index contributed by atoms with van der Waals surface area (Å²) >= 11 is 0. The molecular weight excluding hydrogens is 256 g/mol. The van der Waals surface area contributed by atoms with Crippen molar-refractivity contribution in [2.45, 2.75) is 18.9 Å². The van der Waals surface area contributed by atoms with E-state index < -0.39 is 5.97 Å². The number of aromatic nitrogens is 2. The van der Waals surface area contributed by atoms with Crippen LogP contribution in [-0.4, -0.2) is 58.2 Å². The molecule has 0 amide bonds. The topological polar surface area (TPSA) is 69.6 Å². The van der Waals surface area contributed by atoms with E-state index in [4.69, 9.17) is 5.11 Å². The Balaban J connectivity index is 1.67. The number of nitrogens with zero attached hydrogens (tertiary/aromatic N) is 4. The Morgan fingerprint density at radius 1 is 1.30 bits per heavy atom. The lowest BCUT2D eigenvalue weighted by atomic mass is 10.1. The molecule has 20 heavy (non-hydrogen) atoms. The van der Waals surface area contributed by atoms with Gasteiger partial charge in [0.15, 0.2) is 0 Å². The molecule has 3 heterocycles. The maximum atomic E-state index is 10.5. The van der Waals surface area contributed by atoms with Crippen LogP contribution in [0.5, 0.6) is 0 Å². The van der Waals surface area contributed by atoms with Gasteiger partial charge in [0.1, 0.15) is 0 Å². The Kier molecular flexibility index (Phi) is 3.64. The Hall–Kier alpha value is -1.95. The molecule has 0 aliphatic carbocycles. The average Bonchev–Trinajstić information content (AvgIpc) is 2.93. The Bertz CT molecular complexity index is 514. The van der Waals surface area contributed by atoms with Crippen molar-refractivity contribution in [3.8, 4) is 0 Å². The minimum atomic E-state index is -0.966. The second-order valence-corrected chi connectivity index (χ2v) is 5.27. The largest absolute Gasteiger partial charge is 0.478 e. The molecule has 0 spiro atoms. The molecule has 0 aromatic carbocycles. The molecule has 1 atom stereocenters. The van der Waals surface area contributed by atoms with E-state index in [1.807, 2.05) is 0 Å². The van der Waals surface area contributed by atoms with Crippen LogP contribution in [0, 0.1) is 0 Å². The number of fused-ring (bicyclic) bond motifs is 1. The molecule has 6 heteroatoms. The first-order valence-electron chi connectivity index (χ1n) is 6.94. The average molecular weight is 274 g/mol. The number of hydrogen-bond acceptors (Lipinski definition) is 5. The molecule has 2 saturated heterocycles. The first-order chi connectivity index (χ1) is 9.72. The van der Waals surface area contributed by atoms with Gasteiger partial charge in [0, 0.05) is 49.7 Å². The molecule has 1 N–H and O–H groups in total. The SMILES string of the molecule is O=C(O)/C=C/c1cnc(N2CCN3CCCC3C2)nc1. The van der Waals surface area contributed by atoms with Crippen LogP contribution in [0.4, 0.5) is 5.95 Å². The third-order valence-corrected chi connectivity index (χ3v) is 3.95. The van der Waals surface area contributed by atoms with Crippen molar-refractivity contribution in [2.75, 3.05) is 31.1 Å². The lowest BCUT2D eigenvalue weighted by Gasteiger charge is -2.37. The summed E-state index contributed by atoms with van der Waals surface area (Å²) in [5.41, 5.74) is 0.704. The van der Waals surface area contributed by atoms with Crippen LogP contribution < -0.4 is 4.90 Å². The monoisotopic (exact) mass is 274 g/mol. The maximum Gasteiger partial charge on any atom is 0.328 e. The van der Waals surface area contributed by atoms with Crippen LogP contribution >= 0.6 is 0 Å². The van der Waals surface area contributed by atoms with Gasteiger partial charge in [0.2, 0.25) is 5.95 Å². The molecule has 0 radical (unpaired) electrons. The van der Waals surface area contributed by atoms with E-state index in [0.717, 1.165) is 31.7 Å². The molecule has 0 bridgehead atoms. The van der Waals surface area contributed by atoms with E-state index in [0.29, 0.717) is 11.6 Å². The van der Waals surface area contributed by atoms with E-state index in [9.17, 15) is 4.79 Å².